The Morgan fingerprint density at radius 2 is 1.47 bits per heavy atom. The van der Waals surface area contributed by atoms with E-state index in [0.29, 0.717) is 13.1 Å². The standard InChI is InChI=1S/C12H22N2O3/c1-9(15)5-6-10(16)13-7-8-14-11(17)12(2,3)4/h5-8H2,1-4H3,(H,13,16)(H,14,17). The molecule has 0 spiro atoms. The van der Waals surface area contributed by atoms with Crippen LogP contribution < -0.4 is 10.6 Å². The molecule has 0 fully saturated rings. The number of ketones is 1. The van der Waals surface area contributed by atoms with E-state index in [1.807, 2.05) is 20.8 Å². The molecule has 2 amide bonds. The number of Topliss-reactive ketones (excluding diaryl/α,β-unsaturated/α-hetero) is 1. The maximum atomic E-state index is 11.5. The van der Waals surface area contributed by atoms with Crippen LogP contribution in [0.2, 0.25) is 0 Å². The van der Waals surface area contributed by atoms with Crippen LogP contribution in [0.1, 0.15) is 40.5 Å². The molecule has 0 atom stereocenters. The van der Waals surface area contributed by atoms with Gasteiger partial charge in [-0.05, 0) is 6.92 Å². The molecule has 2 N–H and O–H groups in total. The van der Waals surface area contributed by atoms with E-state index in [4.69, 9.17) is 0 Å². The van der Waals surface area contributed by atoms with Gasteiger partial charge in [0.15, 0.2) is 0 Å². The maximum absolute atomic E-state index is 11.5. The summed E-state index contributed by atoms with van der Waals surface area (Å²) in [7, 11) is 0. The number of nitrogens with one attached hydrogen (secondary N) is 2. The third-order valence-electron chi connectivity index (χ3n) is 2.12. The Hall–Kier alpha value is -1.39. The highest BCUT2D eigenvalue weighted by Crippen LogP contribution is 2.11. The third-order valence-corrected chi connectivity index (χ3v) is 2.12. The van der Waals surface area contributed by atoms with Crippen molar-refractivity contribution in [1.82, 2.24) is 10.6 Å². The molecule has 0 aromatic heterocycles. The molecule has 0 aliphatic heterocycles. The SMILES string of the molecule is CC(=O)CCC(=O)NCCNC(=O)C(C)(C)C. The largest absolute Gasteiger partial charge is 0.354 e. The first-order chi connectivity index (χ1) is 7.73. The maximum Gasteiger partial charge on any atom is 0.225 e. The van der Waals surface area contributed by atoms with Gasteiger partial charge in [-0.3, -0.25) is 9.59 Å². The second-order valence-corrected chi connectivity index (χ2v) is 5.06. The first-order valence-corrected chi connectivity index (χ1v) is 5.78. The van der Waals surface area contributed by atoms with Crippen LogP contribution in [0.3, 0.4) is 0 Å². The summed E-state index contributed by atoms with van der Waals surface area (Å²) in [4.78, 5) is 33.3. The van der Waals surface area contributed by atoms with Crippen molar-refractivity contribution >= 4 is 17.6 Å². The van der Waals surface area contributed by atoms with Crippen molar-refractivity contribution in [2.24, 2.45) is 5.41 Å². The van der Waals surface area contributed by atoms with Crippen molar-refractivity contribution in [2.75, 3.05) is 13.1 Å². The summed E-state index contributed by atoms with van der Waals surface area (Å²) < 4.78 is 0. The van der Waals surface area contributed by atoms with Gasteiger partial charge in [0.05, 0.1) is 0 Å². The number of hydrogen-bond acceptors (Lipinski definition) is 3. The van der Waals surface area contributed by atoms with E-state index >= 15 is 0 Å². The Bertz CT molecular complexity index is 293. The summed E-state index contributed by atoms with van der Waals surface area (Å²) in [5, 5.41) is 5.36. The van der Waals surface area contributed by atoms with Crippen LogP contribution in [0, 0.1) is 5.41 Å². The molecule has 0 rings (SSSR count). The van der Waals surface area contributed by atoms with Crippen molar-refractivity contribution in [1.29, 1.82) is 0 Å². The predicted octanol–water partition coefficient (Wildman–Crippen LogP) is 0.634. The lowest BCUT2D eigenvalue weighted by molar-refractivity contribution is -0.128. The normalized spacial score (nSPS) is 10.8. The van der Waals surface area contributed by atoms with Gasteiger partial charge in [-0.2, -0.15) is 0 Å². The van der Waals surface area contributed by atoms with Crippen molar-refractivity contribution in [3.05, 3.63) is 0 Å². The molecule has 0 unspecified atom stereocenters. The van der Waals surface area contributed by atoms with Crippen LogP contribution in [-0.2, 0) is 14.4 Å². The monoisotopic (exact) mass is 242 g/mol. The van der Waals surface area contributed by atoms with Crippen LogP contribution in [-0.4, -0.2) is 30.7 Å². The second-order valence-electron chi connectivity index (χ2n) is 5.06. The number of rotatable bonds is 6. The lowest BCUT2D eigenvalue weighted by Crippen LogP contribution is -2.39. The molecular formula is C12H22N2O3. The zero-order chi connectivity index (χ0) is 13.5. The highest BCUT2D eigenvalue weighted by atomic mass is 16.2. The molecule has 0 bridgehead atoms. The molecule has 0 saturated carbocycles. The molecule has 0 heterocycles. The average Bonchev–Trinajstić information content (AvgIpc) is 2.19. The summed E-state index contributed by atoms with van der Waals surface area (Å²) in [5.41, 5.74) is -0.418. The van der Waals surface area contributed by atoms with Crippen LogP contribution in [0.4, 0.5) is 0 Å². The van der Waals surface area contributed by atoms with Gasteiger partial charge in [0, 0.05) is 31.3 Å². The van der Waals surface area contributed by atoms with Gasteiger partial charge in [0.1, 0.15) is 5.78 Å². The summed E-state index contributed by atoms with van der Waals surface area (Å²) in [5.74, 6) is -0.207. The Morgan fingerprint density at radius 1 is 0.941 bits per heavy atom. The van der Waals surface area contributed by atoms with Gasteiger partial charge in [-0.25, -0.2) is 0 Å². The Kier molecular flexibility index (Phi) is 6.46. The van der Waals surface area contributed by atoms with Gasteiger partial charge >= 0.3 is 0 Å². The molecule has 0 aliphatic rings. The van der Waals surface area contributed by atoms with Gasteiger partial charge in [0.2, 0.25) is 11.8 Å². The van der Waals surface area contributed by atoms with Crippen LogP contribution in [0.15, 0.2) is 0 Å². The van der Waals surface area contributed by atoms with E-state index in [-0.39, 0.29) is 30.4 Å². The zero-order valence-corrected chi connectivity index (χ0v) is 11.1. The fraction of sp³-hybridized carbons (Fsp3) is 0.750. The fourth-order valence-electron chi connectivity index (χ4n) is 1.02. The molecule has 17 heavy (non-hydrogen) atoms. The molecule has 0 radical (unpaired) electrons. The second kappa shape index (κ2) is 7.04. The van der Waals surface area contributed by atoms with E-state index < -0.39 is 5.41 Å². The minimum atomic E-state index is -0.418. The lowest BCUT2D eigenvalue weighted by Gasteiger charge is -2.17. The van der Waals surface area contributed by atoms with Crippen molar-refractivity contribution in [3.8, 4) is 0 Å². The highest BCUT2D eigenvalue weighted by molar-refractivity contribution is 5.83. The smallest absolute Gasteiger partial charge is 0.225 e. The number of hydrogen-bond donors (Lipinski definition) is 2. The van der Waals surface area contributed by atoms with E-state index in [1.54, 1.807) is 0 Å². The van der Waals surface area contributed by atoms with Crippen LogP contribution in [0.5, 0.6) is 0 Å². The molecule has 5 heteroatoms. The van der Waals surface area contributed by atoms with E-state index in [0.717, 1.165) is 0 Å². The highest BCUT2D eigenvalue weighted by Gasteiger charge is 2.20. The molecule has 98 valence electrons. The summed E-state index contributed by atoms with van der Waals surface area (Å²) in [6, 6.07) is 0. The topological polar surface area (TPSA) is 75.3 Å². The van der Waals surface area contributed by atoms with E-state index in [1.165, 1.54) is 6.92 Å². The molecular weight excluding hydrogens is 220 g/mol. The lowest BCUT2D eigenvalue weighted by atomic mass is 9.96. The predicted molar refractivity (Wildman–Crippen MR) is 65.4 cm³/mol. The van der Waals surface area contributed by atoms with Gasteiger partial charge in [-0.15, -0.1) is 0 Å². The Labute approximate surface area is 102 Å². The number of carbonyl (C=O) groups excluding carboxylic acids is 3. The van der Waals surface area contributed by atoms with Gasteiger partial charge in [0.25, 0.3) is 0 Å². The fourth-order valence-corrected chi connectivity index (χ4v) is 1.02. The average molecular weight is 242 g/mol. The molecule has 0 aromatic rings. The first kappa shape index (κ1) is 15.6. The zero-order valence-electron chi connectivity index (χ0n) is 11.1. The van der Waals surface area contributed by atoms with E-state index in [2.05, 4.69) is 10.6 Å². The third kappa shape index (κ3) is 8.42. The van der Waals surface area contributed by atoms with Gasteiger partial charge < -0.3 is 15.4 Å². The van der Waals surface area contributed by atoms with Crippen LogP contribution in [0.25, 0.3) is 0 Å². The summed E-state index contributed by atoms with van der Waals surface area (Å²) in [6.45, 7) is 7.73. The Balaban J connectivity index is 3.62. The molecule has 0 aromatic carbocycles. The van der Waals surface area contributed by atoms with Crippen molar-refractivity contribution in [2.45, 2.75) is 40.5 Å². The van der Waals surface area contributed by atoms with E-state index in [9.17, 15) is 14.4 Å². The summed E-state index contributed by atoms with van der Waals surface area (Å²) in [6.07, 6.45) is 0.475. The Morgan fingerprint density at radius 3 is 1.94 bits per heavy atom. The molecule has 0 aliphatic carbocycles. The minimum absolute atomic E-state index is 0.00110. The first-order valence-electron chi connectivity index (χ1n) is 5.78. The van der Waals surface area contributed by atoms with Crippen molar-refractivity contribution in [3.63, 3.8) is 0 Å². The molecule has 0 saturated heterocycles. The van der Waals surface area contributed by atoms with Crippen LogP contribution >= 0.6 is 0 Å². The van der Waals surface area contributed by atoms with Gasteiger partial charge in [-0.1, -0.05) is 20.8 Å². The quantitative estimate of drug-likeness (QED) is 0.671. The molecule has 5 nitrogen and oxygen atoms in total. The number of carbonyl (C=O) groups is 3. The minimum Gasteiger partial charge on any atom is -0.354 e. The van der Waals surface area contributed by atoms with Crippen molar-refractivity contribution < 1.29 is 14.4 Å². The number of amides is 2. The summed E-state index contributed by atoms with van der Waals surface area (Å²) >= 11 is 0.